The molecule has 0 unspecified atom stereocenters. The van der Waals surface area contributed by atoms with Crippen molar-refractivity contribution in [3.63, 3.8) is 0 Å². The number of carbonyl (C=O) groups excluding carboxylic acids is 1. The van der Waals surface area contributed by atoms with E-state index < -0.39 is 11.7 Å². The first-order valence-corrected chi connectivity index (χ1v) is 9.66. The highest BCUT2D eigenvalue weighted by Crippen LogP contribution is 2.38. The molecule has 1 saturated heterocycles. The molecule has 2 heterocycles. The van der Waals surface area contributed by atoms with Gasteiger partial charge < -0.3 is 24.4 Å². The monoisotopic (exact) mass is 439 g/mol. The van der Waals surface area contributed by atoms with E-state index in [2.05, 4.69) is 10.3 Å². The Morgan fingerprint density at radius 3 is 2.13 bits per heavy atom. The summed E-state index contributed by atoms with van der Waals surface area (Å²) in [7, 11) is 4.44. The molecule has 3 rings (SSSR count). The van der Waals surface area contributed by atoms with Crippen molar-refractivity contribution >= 4 is 11.7 Å². The third-order valence-electron chi connectivity index (χ3n) is 5.16. The number of alkyl halides is 3. The zero-order chi connectivity index (χ0) is 22.6. The smallest absolute Gasteiger partial charge is 0.417 e. The van der Waals surface area contributed by atoms with E-state index in [0.717, 1.165) is 12.3 Å². The van der Waals surface area contributed by atoms with Crippen LogP contribution in [0.3, 0.4) is 0 Å². The second-order valence-electron chi connectivity index (χ2n) is 7.05. The van der Waals surface area contributed by atoms with Crippen molar-refractivity contribution in [2.45, 2.75) is 25.1 Å². The van der Waals surface area contributed by atoms with Crippen LogP contribution >= 0.6 is 0 Å². The van der Waals surface area contributed by atoms with Crippen molar-refractivity contribution in [2.75, 3.05) is 39.3 Å². The summed E-state index contributed by atoms with van der Waals surface area (Å²) >= 11 is 0. The van der Waals surface area contributed by atoms with Gasteiger partial charge in [-0.05, 0) is 37.1 Å². The lowest BCUT2D eigenvalue weighted by Crippen LogP contribution is -2.45. The van der Waals surface area contributed by atoms with Crippen molar-refractivity contribution in [2.24, 2.45) is 0 Å². The van der Waals surface area contributed by atoms with Gasteiger partial charge in [-0.3, -0.25) is 4.79 Å². The van der Waals surface area contributed by atoms with E-state index in [1.54, 1.807) is 12.1 Å². The van der Waals surface area contributed by atoms with Crippen LogP contribution in [0.4, 0.5) is 19.0 Å². The van der Waals surface area contributed by atoms with Crippen molar-refractivity contribution in [1.82, 2.24) is 10.3 Å². The highest BCUT2D eigenvalue weighted by atomic mass is 19.4. The van der Waals surface area contributed by atoms with Crippen molar-refractivity contribution in [1.29, 1.82) is 0 Å². The molecule has 0 aliphatic carbocycles. The fourth-order valence-corrected chi connectivity index (χ4v) is 3.47. The molecule has 1 amide bonds. The maximum Gasteiger partial charge on any atom is 0.417 e. The van der Waals surface area contributed by atoms with Crippen molar-refractivity contribution in [3.05, 3.63) is 41.6 Å². The van der Waals surface area contributed by atoms with E-state index in [9.17, 15) is 18.0 Å². The highest BCUT2D eigenvalue weighted by Gasteiger charge is 2.31. The van der Waals surface area contributed by atoms with Crippen LogP contribution in [0.15, 0.2) is 30.5 Å². The number of aromatic nitrogens is 1. The minimum absolute atomic E-state index is 0.0720. The Morgan fingerprint density at radius 1 is 1.06 bits per heavy atom. The molecule has 168 valence electrons. The lowest BCUT2D eigenvalue weighted by molar-refractivity contribution is -0.137. The fraction of sp³-hybridized carbons (Fsp3) is 0.429. The lowest BCUT2D eigenvalue weighted by Gasteiger charge is -2.33. The molecular formula is C21H24F3N3O4. The number of nitrogens with one attached hydrogen (secondary N) is 1. The number of pyridine rings is 1. The quantitative estimate of drug-likeness (QED) is 0.743. The molecule has 0 bridgehead atoms. The number of hydrogen-bond donors (Lipinski definition) is 1. The molecule has 1 aliphatic rings. The lowest BCUT2D eigenvalue weighted by atomic mass is 10.0. The summed E-state index contributed by atoms with van der Waals surface area (Å²) in [5.41, 5.74) is -0.398. The molecule has 1 aliphatic heterocycles. The average Bonchev–Trinajstić information content (AvgIpc) is 2.78. The topological polar surface area (TPSA) is 72.9 Å². The van der Waals surface area contributed by atoms with Crippen molar-refractivity contribution in [3.8, 4) is 17.2 Å². The summed E-state index contributed by atoms with van der Waals surface area (Å²) in [5, 5.41) is 2.99. The summed E-state index contributed by atoms with van der Waals surface area (Å²) in [6, 6.07) is 5.49. The van der Waals surface area contributed by atoms with Gasteiger partial charge >= 0.3 is 6.18 Å². The predicted molar refractivity (Wildman–Crippen MR) is 108 cm³/mol. The van der Waals surface area contributed by atoms with Crippen LogP contribution in [0.25, 0.3) is 0 Å². The molecule has 0 atom stereocenters. The predicted octanol–water partition coefficient (Wildman–Crippen LogP) is 3.53. The van der Waals surface area contributed by atoms with Gasteiger partial charge in [0.2, 0.25) is 5.75 Å². The largest absolute Gasteiger partial charge is 0.493 e. The van der Waals surface area contributed by atoms with Gasteiger partial charge in [0.1, 0.15) is 5.82 Å². The van der Waals surface area contributed by atoms with Crippen LogP contribution in [-0.2, 0) is 6.18 Å². The zero-order valence-electron chi connectivity index (χ0n) is 17.5. The molecule has 31 heavy (non-hydrogen) atoms. The maximum atomic E-state index is 12.7. The molecule has 1 N–H and O–H groups in total. The number of nitrogens with zero attached hydrogens (tertiary/aromatic N) is 2. The number of methoxy groups -OCH3 is 3. The zero-order valence-corrected chi connectivity index (χ0v) is 17.5. The van der Waals surface area contributed by atoms with Gasteiger partial charge in [-0.1, -0.05) is 0 Å². The average molecular weight is 439 g/mol. The molecule has 0 saturated carbocycles. The first-order chi connectivity index (χ1) is 14.8. The molecule has 10 heteroatoms. The molecule has 1 fully saturated rings. The summed E-state index contributed by atoms with van der Waals surface area (Å²) < 4.78 is 53.9. The number of anilines is 1. The summed E-state index contributed by atoms with van der Waals surface area (Å²) in [5.74, 6) is 1.39. The Labute approximate surface area is 178 Å². The van der Waals surface area contributed by atoms with Crippen LogP contribution in [0, 0.1) is 0 Å². The van der Waals surface area contributed by atoms with Crippen LogP contribution < -0.4 is 24.4 Å². The van der Waals surface area contributed by atoms with Crippen LogP contribution in [0.5, 0.6) is 17.2 Å². The third kappa shape index (κ3) is 5.12. The number of halogens is 3. The number of ether oxygens (including phenoxy) is 3. The van der Waals surface area contributed by atoms with E-state index in [-0.39, 0.29) is 11.9 Å². The molecule has 0 spiro atoms. The van der Waals surface area contributed by atoms with E-state index in [1.807, 2.05) is 4.90 Å². The first-order valence-electron chi connectivity index (χ1n) is 9.66. The third-order valence-corrected chi connectivity index (χ3v) is 5.16. The van der Waals surface area contributed by atoms with Gasteiger partial charge in [-0.25, -0.2) is 4.98 Å². The number of carbonyl (C=O) groups is 1. The number of benzene rings is 1. The molecule has 1 aromatic carbocycles. The van der Waals surface area contributed by atoms with Crippen LogP contribution in [0.1, 0.15) is 28.8 Å². The molecular weight excluding hydrogens is 415 g/mol. The van der Waals surface area contributed by atoms with Gasteiger partial charge in [0.25, 0.3) is 5.91 Å². The molecule has 0 radical (unpaired) electrons. The van der Waals surface area contributed by atoms with Crippen LogP contribution in [-0.4, -0.2) is 51.4 Å². The Balaban J connectivity index is 1.61. The Morgan fingerprint density at radius 2 is 1.68 bits per heavy atom. The fourth-order valence-electron chi connectivity index (χ4n) is 3.47. The van der Waals surface area contributed by atoms with Gasteiger partial charge in [-0.15, -0.1) is 0 Å². The Kier molecular flexibility index (Phi) is 6.77. The van der Waals surface area contributed by atoms with Gasteiger partial charge in [0.15, 0.2) is 11.5 Å². The second-order valence-corrected chi connectivity index (χ2v) is 7.05. The number of amides is 1. The standard InChI is InChI=1S/C21H24F3N3O4/c1-29-16-10-13(11-17(30-2)19(16)31-3)20(28)26-15-6-8-27(9-7-15)18-5-4-14(12-25-18)21(22,23)24/h4-5,10-12,15H,6-9H2,1-3H3,(H,26,28). The molecule has 1 aromatic heterocycles. The first kappa shape index (κ1) is 22.5. The van der Waals surface area contributed by atoms with E-state index in [1.165, 1.54) is 27.4 Å². The normalized spacial score (nSPS) is 14.8. The summed E-state index contributed by atoms with van der Waals surface area (Å²) in [6.07, 6.45) is -2.29. The van der Waals surface area contributed by atoms with Gasteiger partial charge in [-0.2, -0.15) is 13.2 Å². The Hall–Kier alpha value is -3.17. The molecule has 2 aromatic rings. The number of rotatable bonds is 6. The van der Waals surface area contributed by atoms with Crippen molar-refractivity contribution < 1.29 is 32.2 Å². The van der Waals surface area contributed by atoms with E-state index in [0.29, 0.717) is 54.6 Å². The van der Waals surface area contributed by atoms with Crippen LogP contribution in [0.2, 0.25) is 0 Å². The minimum atomic E-state index is -4.41. The number of piperidine rings is 1. The Bertz CT molecular complexity index is 886. The number of hydrogen-bond acceptors (Lipinski definition) is 6. The minimum Gasteiger partial charge on any atom is -0.493 e. The second kappa shape index (κ2) is 9.32. The summed E-state index contributed by atoms with van der Waals surface area (Å²) in [6.45, 7) is 1.14. The van der Waals surface area contributed by atoms with Gasteiger partial charge in [0.05, 0.1) is 26.9 Å². The van der Waals surface area contributed by atoms with Gasteiger partial charge in [0, 0.05) is 30.9 Å². The van der Waals surface area contributed by atoms with E-state index >= 15 is 0 Å². The molecule has 7 nitrogen and oxygen atoms in total. The highest BCUT2D eigenvalue weighted by molar-refractivity contribution is 5.95. The summed E-state index contributed by atoms with van der Waals surface area (Å²) in [4.78, 5) is 18.6. The van der Waals surface area contributed by atoms with E-state index in [4.69, 9.17) is 14.2 Å². The SMILES string of the molecule is COc1cc(C(=O)NC2CCN(c3ccc(C(F)(F)F)cn3)CC2)cc(OC)c1OC. The maximum absolute atomic E-state index is 12.7.